The Morgan fingerprint density at radius 1 is 1.36 bits per heavy atom. The summed E-state index contributed by atoms with van der Waals surface area (Å²) in [6, 6.07) is 0. The highest BCUT2D eigenvalue weighted by molar-refractivity contribution is 5.17. The molecule has 0 amide bonds. The van der Waals surface area contributed by atoms with Crippen LogP contribution in [-0.4, -0.2) is 24.4 Å². The maximum atomic E-state index is 9.62. The van der Waals surface area contributed by atoms with E-state index in [4.69, 9.17) is 4.74 Å². The quantitative estimate of drug-likeness (QED) is 0.633. The van der Waals surface area contributed by atoms with Crippen LogP contribution in [0.5, 0.6) is 0 Å². The van der Waals surface area contributed by atoms with Crippen molar-refractivity contribution in [2.75, 3.05) is 13.2 Å². The van der Waals surface area contributed by atoms with Crippen LogP contribution in [0, 0.1) is 5.92 Å². The molecule has 1 unspecified atom stereocenters. The van der Waals surface area contributed by atoms with Crippen molar-refractivity contribution in [2.24, 2.45) is 5.92 Å². The van der Waals surface area contributed by atoms with E-state index in [-0.39, 0.29) is 6.10 Å². The molecule has 0 heterocycles. The summed E-state index contributed by atoms with van der Waals surface area (Å²) in [6.07, 6.45) is 10.9. The fourth-order valence-corrected chi connectivity index (χ4v) is 1.48. The Kier molecular flexibility index (Phi) is 5.57. The molecule has 0 aromatic rings. The molecular formula is C12H20O2. The predicted molar refractivity (Wildman–Crippen MR) is 58.1 cm³/mol. The zero-order chi connectivity index (χ0) is 10.2. The standard InChI is InChI=1S/C12H20O2/c1-2-3-8-14-10-12(13)9-11-6-4-5-7-11/h4-7,11-13H,2-3,8-10H2,1H3. The summed E-state index contributed by atoms with van der Waals surface area (Å²) in [7, 11) is 0. The van der Waals surface area contributed by atoms with Crippen LogP contribution in [0.25, 0.3) is 0 Å². The maximum Gasteiger partial charge on any atom is 0.0782 e. The minimum atomic E-state index is -0.329. The average Bonchev–Trinajstić information content (AvgIpc) is 2.65. The molecule has 1 aliphatic carbocycles. The van der Waals surface area contributed by atoms with Crippen molar-refractivity contribution in [3.8, 4) is 0 Å². The van der Waals surface area contributed by atoms with Gasteiger partial charge in [-0.15, -0.1) is 0 Å². The van der Waals surface area contributed by atoms with Crippen LogP contribution in [0.4, 0.5) is 0 Å². The highest BCUT2D eigenvalue weighted by atomic mass is 16.5. The van der Waals surface area contributed by atoms with Crippen molar-refractivity contribution in [1.29, 1.82) is 0 Å². The van der Waals surface area contributed by atoms with Gasteiger partial charge >= 0.3 is 0 Å². The van der Waals surface area contributed by atoms with E-state index in [1.54, 1.807) is 0 Å². The van der Waals surface area contributed by atoms with Crippen molar-refractivity contribution < 1.29 is 9.84 Å². The summed E-state index contributed by atoms with van der Waals surface area (Å²) in [5.74, 6) is 0.403. The first kappa shape index (κ1) is 11.5. The number of aliphatic hydroxyl groups excluding tert-OH is 1. The van der Waals surface area contributed by atoms with Crippen molar-refractivity contribution in [3.63, 3.8) is 0 Å². The second-order valence-electron chi connectivity index (χ2n) is 3.75. The first-order chi connectivity index (χ1) is 6.83. The van der Waals surface area contributed by atoms with Crippen molar-refractivity contribution in [2.45, 2.75) is 32.3 Å². The van der Waals surface area contributed by atoms with Gasteiger partial charge in [0.15, 0.2) is 0 Å². The predicted octanol–water partition coefficient (Wildman–Crippen LogP) is 2.30. The van der Waals surface area contributed by atoms with E-state index in [1.807, 2.05) is 12.2 Å². The zero-order valence-corrected chi connectivity index (χ0v) is 8.86. The number of unbranched alkanes of at least 4 members (excludes halogenated alkanes) is 1. The SMILES string of the molecule is CCCCOCC(O)CC1C=CC=C1. The Morgan fingerprint density at radius 3 is 2.71 bits per heavy atom. The Hall–Kier alpha value is -0.600. The molecule has 0 fully saturated rings. The van der Waals surface area contributed by atoms with E-state index in [2.05, 4.69) is 19.1 Å². The summed E-state index contributed by atoms with van der Waals surface area (Å²) >= 11 is 0. The largest absolute Gasteiger partial charge is 0.391 e. The molecule has 0 aromatic carbocycles. The molecule has 1 N–H and O–H groups in total. The number of allylic oxidation sites excluding steroid dienone is 4. The Bertz CT molecular complexity index is 184. The molecule has 0 saturated carbocycles. The first-order valence-electron chi connectivity index (χ1n) is 5.43. The van der Waals surface area contributed by atoms with E-state index >= 15 is 0 Å². The summed E-state index contributed by atoms with van der Waals surface area (Å²) in [5, 5.41) is 9.62. The van der Waals surface area contributed by atoms with Gasteiger partial charge in [0.2, 0.25) is 0 Å². The molecule has 0 aliphatic heterocycles. The Labute approximate surface area is 86.3 Å². The topological polar surface area (TPSA) is 29.5 Å². The normalized spacial score (nSPS) is 17.9. The lowest BCUT2D eigenvalue weighted by Gasteiger charge is -2.13. The molecule has 2 heteroatoms. The maximum absolute atomic E-state index is 9.62. The second kappa shape index (κ2) is 6.80. The van der Waals surface area contributed by atoms with E-state index in [1.165, 1.54) is 0 Å². The van der Waals surface area contributed by atoms with Gasteiger partial charge in [-0.05, 0) is 18.8 Å². The van der Waals surface area contributed by atoms with Crippen LogP contribution in [0.3, 0.4) is 0 Å². The molecule has 0 radical (unpaired) electrons. The van der Waals surface area contributed by atoms with Gasteiger partial charge in [-0.2, -0.15) is 0 Å². The summed E-state index contributed by atoms with van der Waals surface area (Å²) < 4.78 is 5.35. The molecule has 0 bridgehead atoms. The minimum Gasteiger partial charge on any atom is -0.391 e. The third-order valence-electron chi connectivity index (χ3n) is 2.32. The molecule has 0 saturated heterocycles. The molecule has 0 spiro atoms. The van der Waals surface area contributed by atoms with Crippen LogP contribution in [-0.2, 0) is 4.74 Å². The number of aliphatic hydroxyl groups is 1. The van der Waals surface area contributed by atoms with E-state index in [0.29, 0.717) is 12.5 Å². The van der Waals surface area contributed by atoms with Gasteiger partial charge in [-0.3, -0.25) is 0 Å². The van der Waals surface area contributed by atoms with Gasteiger partial charge in [0, 0.05) is 6.61 Å². The number of hydrogen-bond acceptors (Lipinski definition) is 2. The molecular weight excluding hydrogens is 176 g/mol. The van der Waals surface area contributed by atoms with Gasteiger partial charge in [0.1, 0.15) is 0 Å². The molecule has 1 rings (SSSR count). The van der Waals surface area contributed by atoms with Gasteiger partial charge in [-0.25, -0.2) is 0 Å². The highest BCUT2D eigenvalue weighted by Crippen LogP contribution is 2.15. The van der Waals surface area contributed by atoms with Gasteiger partial charge < -0.3 is 9.84 Å². The minimum absolute atomic E-state index is 0.329. The van der Waals surface area contributed by atoms with Crippen LogP contribution in [0.2, 0.25) is 0 Å². The monoisotopic (exact) mass is 196 g/mol. The van der Waals surface area contributed by atoms with E-state index in [9.17, 15) is 5.11 Å². The van der Waals surface area contributed by atoms with Crippen molar-refractivity contribution >= 4 is 0 Å². The van der Waals surface area contributed by atoms with Gasteiger partial charge in [0.05, 0.1) is 12.7 Å². The van der Waals surface area contributed by atoms with Gasteiger partial charge in [0.25, 0.3) is 0 Å². The van der Waals surface area contributed by atoms with Crippen molar-refractivity contribution in [3.05, 3.63) is 24.3 Å². The lowest BCUT2D eigenvalue weighted by Crippen LogP contribution is -2.18. The number of ether oxygens (including phenoxy) is 1. The zero-order valence-electron chi connectivity index (χ0n) is 8.86. The van der Waals surface area contributed by atoms with Crippen LogP contribution in [0.1, 0.15) is 26.2 Å². The Balaban J connectivity index is 2.01. The Morgan fingerprint density at radius 2 is 2.07 bits per heavy atom. The molecule has 0 aromatic heterocycles. The second-order valence-corrected chi connectivity index (χ2v) is 3.75. The van der Waals surface area contributed by atoms with Crippen LogP contribution < -0.4 is 0 Å². The van der Waals surface area contributed by atoms with Crippen LogP contribution >= 0.6 is 0 Å². The third kappa shape index (κ3) is 4.58. The van der Waals surface area contributed by atoms with Gasteiger partial charge in [-0.1, -0.05) is 37.6 Å². The lowest BCUT2D eigenvalue weighted by atomic mass is 10.0. The lowest BCUT2D eigenvalue weighted by molar-refractivity contribution is 0.0285. The highest BCUT2D eigenvalue weighted by Gasteiger charge is 2.11. The fourth-order valence-electron chi connectivity index (χ4n) is 1.48. The average molecular weight is 196 g/mol. The molecule has 80 valence electrons. The summed E-state index contributed by atoms with van der Waals surface area (Å²) in [4.78, 5) is 0. The summed E-state index contributed by atoms with van der Waals surface area (Å²) in [6.45, 7) is 3.37. The molecule has 1 aliphatic rings. The van der Waals surface area contributed by atoms with Crippen LogP contribution in [0.15, 0.2) is 24.3 Å². The third-order valence-corrected chi connectivity index (χ3v) is 2.32. The molecule has 14 heavy (non-hydrogen) atoms. The summed E-state index contributed by atoms with van der Waals surface area (Å²) in [5.41, 5.74) is 0. The number of hydrogen-bond donors (Lipinski definition) is 1. The molecule has 1 atom stereocenters. The van der Waals surface area contributed by atoms with E-state index < -0.39 is 0 Å². The molecule has 2 nitrogen and oxygen atoms in total. The first-order valence-corrected chi connectivity index (χ1v) is 5.43. The van der Waals surface area contributed by atoms with Crippen molar-refractivity contribution in [1.82, 2.24) is 0 Å². The van der Waals surface area contributed by atoms with E-state index in [0.717, 1.165) is 25.9 Å². The fraction of sp³-hybridized carbons (Fsp3) is 0.667. The number of rotatable bonds is 7. The smallest absolute Gasteiger partial charge is 0.0782 e.